The Morgan fingerprint density at radius 1 is 1.62 bits per heavy atom. The summed E-state index contributed by atoms with van der Waals surface area (Å²) in [6.07, 6.45) is 4.73. The number of carboxylic acids is 1. The van der Waals surface area contributed by atoms with Gasteiger partial charge in [-0.25, -0.2) is 14.8 Å². The van der Waals surface area contributed by atoms with Gasteiger partial charge in [0.05, 0.1) is 0 Å². The topological polar surface area (TPSA) is 75.1 Å². The second-order valence-corrected chi connectivity index (χ2v) is 4.10. The van der Waals surface area contributed by atoms with Crippen molar-refractivity contribution in [3.05, 3.63) is 12.4 Å². The van der Waals surface area contributed by atoms with Crippen LogP contribution in [0, 0.1) is 0 Å². The van der Waals surface area contributed by atoms with Crippen LogP contribution in [-0.2, 0) is 4.79 Å². The molecule has 6 heteroatoms. The van der Waals surface area contributed by atoms with Gasteiger partial charge in [0.2, 0.25) is 0 Å². The first kappa shape index (κ1) is 12.8. The molecule has 0 spiro atoms. The number of thioether (sulfide) groups is 1. The van der Waals surface area contributed by atoms with Crippen molar-refractivity contribution in [3.8, 4) is 0 Å². The van der Waals surface area contributed by atoms with E-state index in [-0.39, 0.29) is 0 Å². The van der Waals surface area contributed by atoms with Crippen LogP contribution in [0.2, 0.25) is 0 Å². The SMILES string of the molecule is CCCC(Nc1cc(SC)ncn1)C(=O)O. The van der Waals surface area contributed by atoms with Gasteiger partial charge in [-0.2, -0.15) is 0 Å². The van der Waals surface area contributed by atoms with Crippen LogP contribution in [0.3, 0.4) is 0 Å². The van der Waals surface area contributed by atoms with Crippen molar-refractivity contribution in [1.82, 2.24) is 9.97 Å². The first-order valence-corrected chi connectivity index (χ1v) is 6.25. The molecule has 1 atom stereocenters. The average molecular weight is 241 g/mol. The number of hydrogen-bond acceptors (Lipinski definition) is 5. The molecule has 5 nitrogen and oxygen atoms in total. The van der Waals surface area contributed by atoms with E-state index in [2.05, 4.69) is 15.3 Å². The van der Waals surface area contributed by atoms with E-state index in [0.29, 0.717) is 12.2 Å². The highest BCUT2D eigenvalue weighted by molar-refractivity contribution is 7.98. The fourth-order valence-electron chi connectivity index (χ4n) is 1.25. The molecular weight excluding hydrogens is 226 g/mol. The zero-order valence-electron chi connectivity index (χ0n) is 9.30. The monoisotopic (exact) mass is 241 g/mol. The Labute approximate surface area is 98.7 Å². The molecular formula is C10H15N3O2S. The van der Waals surface area contributed by atoms with E-state index in [4.69, 9.17) is 5.11 Å². The summed E-state index contributed by atoms with van der Waals surface area (Å²) in [7, 11) is 0. The van der Waals surface area contributed by atoms with E-state index >= 15 is 0 Å². The van der Waals surface area contributed by atoms with E-state index < -0.39 is 12.0 Å². The summed E-state index contributed by atoms with van der Waals surface area (Å²) in [6.45, 7) is 1.95. The molecule has 1 unspecified atom stereocenters. The summed E-state index contributed by atoms with van der Waals surface area (Å²) < 4.78 is 0. The predicted octanol–water partition coefficient (Wildman–Crippen LogP) is 1.86. The Bertz CT molecular complexity index is 360. The molecule has 0 aliphatic rings. The minimum absolute atomic E-state index is 0.556. The number of anilines is 1. The third-order valence-electron chi connectivity index (χ3n) is 2.05. The predicted molar refractivity (Wildman–Crippen MR) is 63.8 cm³/mol. The van der Waals surface area contributed by atoms with Crippen LogP contribution in [0.15, 0.2) is 17.4 Å². The molecule has 0 fully saturated rings. The van der Waals surface area contributed by atoms with Gasteiger partial charge in [0.1, 0.15) is 23.2 Å². The molecule has 0 radical (unpaired) electrons. The van der Waals surface area contributed by atoms with Crippen LogP contribution in [0.1, 0.15) is 19.8 Å². The Balaban J connectivity index is 2.72. The van der Waals surface area contributed by atoms with Crippen LogP contribution in [0.25, 0.3) is 0 Å². The second kappa shape index (κ2) is 6.32. The van der Waals surface area contributed by atoms with Crippen LogP contribution in [0.4, 0.5) is 5.82 Å². The highest BCUT2D eigenvalue weighted by Crippen LogP contribution is 2.15. The van der Waals surface area contributed by atoms with Gasteiger partial charge in [0, 0.05) is 6.07 Å². The van der Waals surface area contributed by atoms with Crippen LogP contribution in [-0.4, -0.2) is 33.3 Å². The van der Waals surface area contributed by atoms with Crippen molar-refractivity contribution in [1.29, 1.82) is 0 Å². The Morgan fingerprint density at radius 2 is 2.38 bits per heavy atom. The van der Waals surface area contributed by atoms with Gasteiger partial charge in [-0.3, -0.25) is 0 Å². The fourth-order valence-corrected chi connectivity index (χ4v) is 1.64. The lowest BCUT2D eigenvalue weighted by atomic mass is 10.2. The quantitative estimate of drug-likeness (QED) is 0.585. The summed E-state index contributed by atoms with van der Waals surface area (Å²) in [5.74, 6) is -0.300. The molecule has 1 aromatic rings. The molecule has 1 rings (SSSR count). The highest BCUT2D eigenvalue weighted by Gasteiger charge is 2.16. The summed E-state index contributed by atoms with van der Waals surface area (Å²) in [4.78, 5) is 19.0. The lowest BCUT2D eigenvalue weighted by Gasteiger charge is -2.13. The lowest BCUT2D eigenvalue weighted by molar-refractivity contribution is -0.138. The van der Waals surface area contributed by atoms with Crippen molar-refractivity contribution < 1.29 is 9.90 Å². The molecule has 16 heavy (non-hydrogen) atoms. The van der Waals surface area contributed by atoms with Gasteiger partial charge in [0.25, 0.3) is 0 Å². The first-order chi connectivity index (χ1) is 7.67. The molecule has 0 aromatic carbocycles. The number of hydrogen-bond donors (Lipinski definition) is 2. The molecule has 1 aromatic heterocycles. The van der Waals surface area contributed by atoms with Gasteiger partial charge in [0.15, 0.2) is 0 Å². The zero-order chi connectivity index (χ0) is 12.0. The average Bonchev–Trinajstić information content (AvgIpc) is 2.28. The molecule has 0 saturated carbocycles. The summed E-state index contributed by atoms with van der Waals surface area (Å²) in [5.41, 5.74) is 0. The second-order valence-electron chi connectivity index (χ2n) is 3.27. The maximum absolute atomic E-state index is 10.9. The number of carbonyl (C=O) groups is 1. The maximum Gasteiger partial charge on any atom is 0.326 e. The van der Waals surface area contributed by atoms with E-state index in [9.17, 15) is 4.79 Å². The molecule has 0 aliphatic heterocycles. The highest BCUT2D eigenvalue weighted by atomic mass is 32.2. The molecule has 2 N–H and O–H groups in total. The van der Waals surface area contributed by atoms with Crippen molar-refractivity contribution in [3.63, 3.8) is 0 Å². The normalized spacial score (nSPS) is 12.1. The molecule has 0 aliphatic carbocycles. The Hall–Kier alpha value is -1.30. The van der Waals surface area contributed by atoms with Gasteiger partial charge >= 0.3 is 5.97 Å². The third kappa shape index (κ3) is 3.69. The zero-order valence-corrected chi connectivity index (χ0v) is 10.1. The van der Waals surface area contributed by atoms with Gasteiger partial charge in [-0.05, 0) is 12.7 Å². The number of aromatic nitrogens is 2. The van der Waals surface area contributed by atoms with Crippen molar-refractivity contribution >= 4 is 23.5 Å². The molecule has 0 bridgehead atoms. The van der Waals surface area contributed by atoms with Gasteiger partial charge in [-0.1, -0.05) is 13.3 Å². The number of rotatable bonds is 6. The van der Waals surface area contributed by atoms with Gasteiger partial charge in [-0.15, -0.1) is 11.8 Å². The van der Waals surface area contributed by atoms with Crippen molar-refractivity contribution in [2.24, 2.45) is 0 Å². The third-order valence-corrected chi connectivity index (χ3v) is 2.69. The van der Waals surface area contributed by atoms with Crippen molar-refractivity contribution in [2.45, 2.75) is 30.8 Å². The van der Waals surface area contributed by atoms with E-state index in [0.717, 1.165) is 11.4 Å². The Kier molecular flexibility index (Phi) is 5.04. The molecule has 88 valence electrons. The number of nitrogens with zero attached hydrogens (tertiary/aromatic N) is 2. The lowest BCUT2D eigenvalue weighted by Crippen LogP contribution is -2.29. The fraction of sp³-hybridized carbons (Fsp3) is 0.500. The van der Waals surface area contributed by atoms with Crippen molar-refractivity contribution in [2.75, 3.05) is 11.6 Å². The van der Waals surface area contributed by atoms with Crippen LogP contribution in [0.5, 0.6) is 0 Å². The number of carboxylic acid groups (broad SMARTS) is 1. The largest absolute Gasteiger partial charge is 0.480 e. The first-order valence-electron chi connectivity index (χ1n) is 5.02. The molecule has 1 heterocycles. The summed E-state index contributed by atoms with van der Waals surface area (Å²) in [5, 5.41) is 12.7. The standard InChI is InChI=1S/C10H15N3O2S/c1-3-4-7(10(14)15)13-8-5-9(16-2)12-6-11-8/h5-7H,3-4H2,1-2H3,(H,14,15)(H,11,12,13). The minimum atomic E-state index is -0.855. The van der Waals surface area contributed by atoms with Crippen LogP contribution >= 0.6 is 11.8 Å². The molecule has 0 amide bonds. The summed E-state index contributed by atoms with van der Waals surface area (Å²) >= 11 is 1.49. The van der Waals surface area contributed by atoms with E-state index in [1.807, 2.05) is 13.2 Å². The van der Waals surface area contributed by atoms with E-state index in [1.165, 1.54) is 18.1 Å². The maximum atomic E-state index is 10.9. The number of aliphatic carboxylic acids is 1. The van der Waals surface area contributed by atoms with Crippen LogP contribution < -0.4 is 5.32 Å². The molecule has 0 saturated heterocycles. The number of nitrogens with one attached hydrogen (secondary N) is 1. The summed E-state index contributed by atoms with van der Waals surface area (Å²) in [6, 6.07) is 1.16. The minimum Gasteiger partial charge on any atom is -0.480 e. The van der Waals surface area contributed by atoms with E-state index in [1.54, 1.807) is 6.07 Å². The van der Waals surface area contributed by atoms with Gasteiger partial charge < -0.3 is 10.4 Å². The smallest absolute Gasteiger partial charge is 0.326 e. The Morgan fingerprint density at radius 3 is 2.94 bits per heavy atom.